The van der Waals surface area contributed by atoms with E-state index in [1.165, 1.54) is 16.9 Å². The SMILES string of the molecule is Nc1nn(Cc2ccc(Cn3ccccc3=O)cc2)cc1C(=O)O. The highest BCUT2D eigenvalue weighted by Gasteiger charge is 2.12. The van der Waals surface area contributed by atoms with Crippen LogP contribution in [0.5, 0.6) is 0 Å². The van der Waals surface area contributed by atoms with Gasteiger partial charge in [0.2, 0.25) is 0 Å². The van der Waals surface area contributed by atoms with Gasteiger partial charge >= 0.3 is 5.97 Å². The van der Waals surface area contributed by atoms with Crippen LogP contribution in [-0.2, 0) is 13.1 Å². The van der Waals surface area contributed by atoms with Gasteiger partial charge in [-0.3, -0.25) is 9.48 Å². The van der Waals surface area contributed by atoms with Crippen molar-refractivity contribution < 1.29 is 9.90 Å². The lowest BCUT2D eigenvalue weighted by atomic mass is 10.1. The average molecular weight is 324 g/mol. The highest BCUT2D eigenvalue weighted by molar-refractivity contribution is 5.92. The van der Waals surface area contributed by atoms with E-state index in [0.717, 1.165) is 11.1 Å². The van der Waals surface area contributed by atoms with Crippen LogP contribution in [0.15, 0.2) is 59.7 Å². The van der Waals surface area contributed by atoms with E-state index in [1.54, 1.807) is 16.8 Å². The van der Waals surface area contributed by atoms with Crippen LogP contribution in [0.1, 0.15) is 21.5 Å². The fourth-order valence-electron chi connectivity index (χ4n) is 2.41. The highest BCUT2D eigenvalue weighted by Crippen LogP contribution is 2.12. The minimum Gasteiger partial charge on any atom is -0.477 e. The molecular weight excluding hydrogens is 308 g/mol. The Morgan fingerprint density at radius 3 is 2.33 bits per heavy atom. The van der Waals surface area contributed by atoms with Crippen molar-refractivity contribution in [2.45, 2.75) is 13.1 Å². The maximum absolute atomic E-state index is 11.7. The number of hydrogen-bond acceptors (Lipinski definition) is 4. The Balaban J connectivity index is 1.73. The first-order valence-corrected chi connectivity index (χ1v) is 7.32. The van der Waals surface area contributed by atoms with Crippen LogP contribution in [0, 0.1) is 0 Å². The van der Waals surface area contributed by atoms with Crippen molar-refractivity contribution in [2.75, 3.05) is 5.73 Å². The normalized spacial score (nSPS) is 10.7. The largest absolute Gasteiger partial charge is 0.477 e. The van der Waals surface area contributed by atoms with Gasteiger partial charge in [0.05, 0.1) is 13.1 Å². The van der Waals surface area contributed by atoms with Gasteiger partial charge in [0.25, 0.3) is 5.56 Å². The Morgan fingerprint density at radius 1 is 1.08 bits per heavy atom. The van der Waals surface area contributed by atoms with Gasteiger partial charge in [0.1, 0.15) is 5.56 Å². The maximum atomic E-state index is 11.7. The second kappa shape index (κ2) is 6.41. The average Bonchev–Trinajstić information content (AvgIpc) is 2.92. The monoisotopic (exact) mass is 324 g/mol. The predicted molar refractivity (Wildman–Crippen MR) is 88.9 cm³/mol. The molecule has 0 aliphatic heterocycles. The van der Waals surface area contributed by atoms with Crippen molar-refractivity contribution in [3.63, 3.8) is 0 Å². The third-order valence-corrected chi connectivity index (χ3v) is 3.64. The highest BCUT2D eigenvalue weighted by atomic mass is 16.4. The second-order valence-electron chi connectivity index (χ2n) is 5.41. The summed E-state index contributed by atoms with van der Waals surface area (Å²) < 4.78 is 3.12. The molecule has 0 atom stereocenters. The second-order valence-corrected chi connectivity index (χ2v) is 5.41. The molecule has 7 nitrogen and oxygen atoms in total. The van der Waals surface area contributed by atoms with Gasteiger partial charge in [-0.15, -0.1) is 0 Å². The number of nitrogens with two attached hydrogens (primary N) is 1. The third-order valence-electron chi connectivity index (χ3n) is 3.64. The molecule has 0 aliphatic rings. The van der Waals surface area contributed by atoms with Gasteiger partial charge in [-0.25, -0.2) is 4.79 Å². The van der Waals surface area contributed by atoms with Gasteiger partial charge in [0.15, 0.2) is 5.82 Å². The molecule has 2 heterocycles. The number of rotatable bonds is 5. The van der Waals surface area contributed by atoms with Crippen molar-refractivity contribution in [3.8, 4) is 0 Å². The van der Waals surface area contributed by atoms with Crippen LogP contribution in [0.25, 0.3) is 0 Å². The third kappa shape index (κ3) is 3.35. The number of anilines is 1. The molecular formula is C17H16N4O3. The van der Waals surface area contributed by atoms with Crippen molar-refractivity contribution in [3.05, 3.63) is 81.9 Å². The van der Waals surface area contributed by atoms with Gasteiger partial charge in [-0.2, -0.15) is 5.10 Å². The summed E-state index contributed by atoms with van der Waals surface area (Å²) >= 11 is 0. The van der Waals surface area contributed by atoms with Crippen molar-refractivity contribution in [2.24, 2.45) is 0 Å². The zero-order chi connectivity index (χ0) is 17.1. The first-order valence-electron chi connectivity index (χ1n) is 7.32. The van der Waals surface area contributed by atoms with E-state index in [-0.39, 0.29) is 16.9 Å². The molecule has 0 bridgehead atoms. The van der Waals surface area contributed by atoms with E-state index in [1.807, 2.05) is 30.3 Å². The van der Waals surface area contributed by atoms with Gasteiger partial charge in [0, 0.05) is 18.5 Å². The Hall–Kier alpha value is -3.35. The number of carbonyl (C=O) groups is 1. The number of hydrogen-bond donors (Lipinski definition) is 2. The first-order chi connectivity index (χ1) is 11.5. The molecule has 0 fully saturated rings. The summed E-state index contributed by atoms with van der Waals surface area (Å²) in [6.45, 7) is 0.918. The molecule has 7 heteroatoms. The summed E-state index contributed by atoms with van der Waals surface area (Å²) in [6.07, 6.45) is 3.16. The summed E-state index contributed by atoms with van der Waals surface area (Å²) in [4.78, 5) is 22.7. The molecule has 0 unspecified atom stereocenters. The van der Waals surface area contributed by atoms with E-state index in [2.05, 4.69) is 5.10 Å². The van der Waals surface area contributed by atoms with Gasteiger partial charge in [-0.05, 0) is 17.2 Å². The molecule has 2 aromatic heterocycles. The molecule has 0 radical (unpaired) electrons. The molecule has 0 aliphatic carbocycles. The lowest BCUT2D eigenvalue weighted by Gasteiger charge is -2.07. The number of aromatic nitrogens is 3. The molecule has 0 saturated heterocycles. The van der Waals surface area contributed by atoms with Crippen LogP contribution in [0.2, 0.25) is 0 Å². The number of nitrogen functional groups attached to an aromatic ring is 1. The Morgan fingerprint density at radius 2 is 1.75 bits per heavy atom. The van der Waals surface area contributed by atoms with Crippen molar-refractivity contribution >= 4 is 11.8 Å². The quantitative estimate of drug-likeness (QED) is 0.739. The van der Waals surface area contributed by atoms with Crippen LogP contribution < -0.4 is 11.3 Å². The van der Waals surface area contributed by atoms with E-state index in [9.17, 15) is 9.59 Å². The Bertz CT molecular complexity index is 926. The summed E-state index contributed by atoms with van der Waals surface area (Å²) in [5, 5.41) is 13.0. The summed E-state index contributed by atoms with van der Waals surface area (Å²) in [7, 11) is 0. The molecule has 3 N–H and O–H groups in total. The zero-order valence-corrected chi connectivity index (χ0v) is 12.8. The Labute approximate surface area is 137 Å². The molecule has 122 valence electrons. The number of nitrogens with zero attached hydrogens (tertiary/aromatic N) is 3. The fourth-order valence-corrected chi connectivity index (χ4v) is 2.41. The zero-order valence-electron chi connectivity index (χ0n) is 12.8. The van der Waals surface area contributed by atoms with E-state index in [0.29, 0.717) is 13.1 Å². The molecule has 24 heavy (non-hydrogen) atoms. The first kappa shape index (κ1) is 15.5. The Kier molecular flexibility index (Phi) is 4.15. The molecule has 0 amide bonds. The fraction of sp³-hybridized carbons (Fsp3) is 0.118. The van der Waals surface area contributed by atoms with E-state index < -0.39 is 5.97 Å². The molecule has 3 rings (SSSR count). The summed E-state index contributed by atoms with van der Waals surface area (Å²) in [5.74, 6) is -1.09. The van der Waals surface area contributed by atoms with Crippen LogP contribution in [0.4, 0.5) is 5.82 Å². The minimum absolute atomic E-state index is 0.00238. The number of benzene rings is 1. The summed E-state index contributed by atoms with van der Waals surface area (Å²) in [6, 6.07) is 12.8. The van der Waals surface area contributed by atoms with Crippen LogP contribution in [-0.4, -0.2) is 25.4 Å². The lowest BCUT2D eigenvalue weighted by molar-refractivity contribution is 0.0698. The van der Waals surface area contributed by atoms with Gasteiger partial charge < -0.3 is 15.4 Å². The van der Waals surface area contributed by atoms with Gasteiger partial charge in [-0.1, -0.05) is 30.3 Å². The predicted octanol–water partition coefficient (Wildman–Crippen LogP) is 1.42. The minimum atomic E-state index is -1.09. The number of aromatic carboxylic acids is 1. The number of pyridine rings is 1. The topological polar surface area (TPSA) is 103 Å². The molecule has 0 saturated carbocycles. The smallest absolute Gasteiger partial charge is 0.341 e. The molecule has 1 aromatic carbocycles. The van der Waals surface area contributed by atoms with Crippen molar-refractivity contribution in [1.82, 2.24) is 14.3 Å². The summed E-state index contributed by atoms with van der Waals surface area (Å²) in [5.41, 5.74) is 7.48. The number of carboxylic acid groups (broad SMARTS) is 1. The van der Waals surface area contributed by atoms with Crippen LogP contribution in [0.3, 0.4) is 0 Å². The van der Waals surface area contributed by atoms with Crippen molar-refractivity contribution in [1.29, 1.82) is 0 Å². The number of carboxylic acids is 1. The van der Waals surface area contributed by atoms with E-state index >= 15 is 0 Å². The maximum Gasteiger partial charge on any atom is 0.341 e. The standard InChI is InChI=1S/C17H16N4O3/c18-16-14(17(23)24)11-21(19-16)10-13-6-4-12(5-7-13)9-20-8-2-1-3-15(20)22/h1-8,11H,9-10H2,(H2,18,19)(H,23,24). The molecule has 0 spiro atoms. The van der Waals surface area contributed by atoms with Crippen LogP contribution >= 0.6 is 0 Å². The lowest BCUT2D eigenvalue weighted by Crippen LogP contribution is -2.18. The molecule has 3 aromatic rings. The van der Waals surface area contributed by atoms with E-state index in [4.69, 9.17) is 10.8 Å².